The van der Waals surface area contributed by atoms with Gasteiger partial charge >= 0.3 is 5.97 Å². The molecule has 0 fully saturated rings. The molecule has 2 aromatic rings. The maximum Gasteiger partial charge on any atom is 0.359 e. The highest BCUT2D eigenvalue weighted by atomic mass is 16.5. The summed E-state index contributed by atoms with van der Waals surface area (Å²) in [6, 6.07) is 9.68. The van der Waals surface area contributed by atoms with Crippen molar-refractivity contribution >= 4 is 5.97 Å². The topological polar surface area (TPSA) is 53.3 Å². The Labute approximate surface area is 117 Å². The molecule has 2 heterocycles. The summed E-state index contributed by atoms with van der Waals surface area (Å²) in [4.78, 5) is 12.1. The van der Waals surface area contributed by atoms with E-state index >= 15 is 0 Å². The van der Waals surface area contributed by atoms with Crippen LogP contribution in [0.4, 0.5) is 0 Å². The van der Waals surface area contributed by atoms with Crippen LogP contribution in [0, 0.1) is 0 Å². The number of hydrogen-bond donors (Lipinski definition) is 0. The SMILES string of the molecule is CCOC(=O)c1nn2c(c1-c1ccccc1)OCCC2. The van der Waals surface area contributed by atoms with Gasteiger partial charge in [-0.1, -0.05) is 30.3 Å². The summed E-state index contributed by atoms with van der Waals surface area (Å²) in [6.45, 7) is 3.52. The van der Waals surface area contributed by atoms with Crippen molar-refractivity contribution in [3.05, 3.63) is 36.0 Å². The van der Waals surface area contributed by atoms with Crippen molar-refractivity contribution in [2.24, 2.45) is 0 Å². The Morgan fingerprint density at radius 2 is 2.20 bits per heavy atom. The Kier molecular flexibility index (Phi) is 3.41. The predicted molar refractivity (Wildman–Crippen MR) is 73.7 cm³/mol. The molecule has 1 aliphatic rings. The Hall–Kier alpha value is -2.30. The second-order valence-corrected chi connectivity index (χ2v) is 4.54. The van der Waals surface area contributed by atoms with Crippen LogP contribution in [0.15, 0.2) is 30.3 Å². The number of rotatable bonds is 3. The van der Waals surface area contributed by atoms with Crippen molar-refractivity contribution in [1.29, 1.82) is 0 Å². The van der Waals surface area contributed by atoms with E-state index in [1.165, 1.54) is 0 Å². The number of carbonyl (C=O) groups is 1. The van der Waals surface area contributed by atoms with Crippen LogP contribution in [-0.4, -0.2) is 29.0 Å². The van der Waals surface area contributed by atoms with Gasteiger partial charge in [0.2, 0.25) is 5.88 Å². The van der Waals surface area contributed by atoms with Crippen molar-refractivity contribution in [2.45, 2.75) is 19.9 Å². The van der Waals surface area contributed by atoms with Gasteiger partial charge < -0.3 is 9.47 Å². The summed E-state index contributed by atoms with van der Waals surface area (Å²) in [7, 11) is 0. The molecule has 3 rings (SSSR count). The van der Waals surface area contributed by atoms with Gasteiger partial charge in [0, 0.05) is 13.0 Å². The number of fused-ring (bicyclic) bond motifs is 1. The van der Waals surface area contributed by atoms with Gasteiger partial charge in [-0.15, -0.1) is 0 Å². The molecule has 0 aliphatic carbocycles. The van der Waals surface area contributed by atoms with Gasteiger partial charge in [0.25, 0.3) is 0 Å². The standard InChI is InChI=1S/C15H16N2O3/c1-2-19-15(18)13-12(11-7-4-3-5-8-11)14-17(16-13)9-6-10-20-14/h3-5,7-8H,2,6,9-10H2,1H3. The highest BCUT2D eigenvalue weighted by Gasteiger charge is 2.27. The molecule has 1 aromatic carbocycles. The monoisotopic (exact) mass is 272 g/mol. The van der Waals surface area contributed by atoms with E-state index in [1.54, 1.807) is 11.6 Å². The van der Waals surface area contributed by atoms with Crippen LogP contribution in [0.25, 0.3) is 11.1 Å². The van der Waals surface area contributed by atoms with Crippen LogP contribution in [-0.2, 0) is 11.3 Å². The summed E-state index contributed by atoms with van der Waals surface area (Å²) >= 11 is 0. The molecule has 0 atom stereocenters. The number of nitrogens with zero attached hydrogens (tertiary/aromatic N) is 2. The van der Waals surface area contributed by atoms with E-state index in [0.29, 0.717) is 24.8 Å². The summed E-state index contributed by atoms with van der Waals surface area (Å²) < 4.78 is 12.6. The van der Waals surface area contributed by atoms with E-state index in [-0.39, 0.29) is 0 Å². The lowest BCUT2D eigenvalue weighted by atomic mass is 10.1. The van der Waals surface area contributed by atoms with Crippen LogP contribution in [0.5, 0.6) is 5.88 Å². The highest BCUT2D eigenvalue weighted by molar-refractivity contribution is 5.97. The molecule has 0 bridgehead atoms. The van der Waals surface area contributed by atoms with E-state index < -0.39 is 5.97 Å². The molecule has 0 unspecified atom stereocenters. The van der Waals surface area contributed by atoms with E-state index in [1.807, 2.05) is 30.3 Å². The zero-order chi connectivity index (χ0) is 13.9. The lowest BCUT2D eigenvalue weighted by Gasteiger charge is -2.15. The fourth-order valence-electron chi connectivity index (χ4n) is 2.34. The molecule has 0 amide bonds. The van der Waals surface area contributed by atoms with Crippen LogP contribution in [0.3, 0.4) is 0 Å². The molecular weight excluding hydrogens is 256 g/mol. The largest absolute Gasteiger partial charge is 0.477 e. The maximum atomic E-state index is 12.1. The summed E-state index contributed by atoms with van der Waals surface area (Å²) in [5.74, 6) is 0.252. The number of aryl methyl sites for hydroxylation is 1. The first kappa shape index (κ1) is 12.7. The van der Waals surface area contributed by atoms with Crippen LogP contribution in [0.1, 0.15) is 23.8 Å². The first-order chi connectivity index (χ1) is 9.81. The fourth-order valence-corrected chi connectivity index (χ4v) is 2.34. The molecule has 1 aliphatic heterocycles. The number of esters is 1. The van der Waals surface area contributed by atoms with Gasteiger partial charge in [0.05, 0.1) is 18.8 Å². The molecule has 0 saturated heterocycles. The molecule has 0 spiro atoms. The first-order valence-electron chi connectivity index (χ1n) is 6.77. The third-order valence-corrected chi connectivity index (χ3v) is 3.19. The average molecular weight is 272 g/mol. The number of carbonyl (C=O) groups excluding carboxylic acids is 1. The van der Waals surface area contributed by atoms with Crippen LogP contribution < -0.4 is 4.74 Å². The van der Waals surface area contributed by atoms with E-state index in [9.17, 15) is 4.79 Å². The zero-order valence-electron chi connectivity index (χ0n) is 11.3. The molecule has 0 radical (unpaired) electrons. The van der Waals surface area contributed by atoms with Gasteiger partial charge in [-0.25, -0.2) is 9.48 Å². The normalized spacial score (nSPS) is 13.4. The molecule has 1 aromatic heterocycles. The van der Waals surface area contributed by atoms with E-state index in [2.05, 4.69) is 5.10 Å². The number of benzene rings is 1. The van der Waals surface area contributed by atoms with Crippen molar-refractivity contribution in [3.8, 4) is 17.0 Å². The smallest absolute Gasteiger partial charge is 0.359 e. The molecular formula is C15H16N2O3. The van der Waals surface area contributed by atoms with Gasteiger partial charge in [0.1, 0.15) is 0 Å². The average Bonchev–Trinajstić information content (AvgIpc) is 2.88. The minimum atomic E-state index is -0.406. The first-order valence-corrected chi connectivity index (χ1v) is 6.77. The van der Waals surface area contributed by atoms with Gasteiger partial charge in [-0.2, -0.15) is 5.10 Å². The summed E-state index contributed by atoms with van der Waals surface area (Å²) in [6.07, 6.45) is 0.894. The minimum absolute atomic E-state index is 0.329. The Balaban J connectivity index is 2.14. The zero-order valence-corrected chi connectivity index (χ0v) is 11.3. The maximum absolute atomic E-state index is 12.1. The van der Waals surface area contributed by atoms with E-state index in [4.69, 9.17) is 9.47 Å². The third kappa shape index (κ3) is 2.15. The molecule has 104 valence electrons. The van der Waals surface area contributed by atoms with Gasteiger partial charge in [-0.05, 0) is 12.5 Å². The number of hydrogen-bond acceptors (Lipinski definition) is 4. The fraction of sp³-hybridized carbons (Fsp3) is 0.333. The Morgan fingerprint density at radius 1 is 1.40 bits per heavy atom. The molecule has 5 nitrogen and oxygen atoms in total. The summed E-state index contributed by atoms with van der Waals surface area (Å²) in [5, 5.41) is 4.36. The number of aromatic nitrogens is 2. The van der Waals surface area contributed by atoms with E-state index in [0.717, 1.165) is 24.1 Å². The van der Waals surface area contributed by atoms with Crippen molar-refractivity contribution < 1.29 is 14.3 Å². The lowest BCUT2D eigenvalue weighted by Crippen LogP contribution is -2.15. The predicted octanol–water partition coefficient (Wildman–Crippen LogP) is 2.51. The van der Waals surface area contributed by atoms with Gasteiger partial charge in [-0.3, -0.25) is 0 Å². The Bertz CT molecular complexity index is 620. The van der Waals surface area contributed by atoms with Crippen LogP contribution in [0.2, 0.25) is 0 Å². The van der Waals surface area contributed by atoms with Crippen molar-refractivity contribution in [1.82, 2.24) is 9.78 Å². The number of ether oxygens (including phenoxy) is 2. The van der Waals surface area contributed by atoms with Crippen molar-refractivity contribution in [2.75, 3.05) is 13.2 Å². The Morgan fingerprint density at radius 3 is 2.95 bits per heavy atom. The molecule has 20 heavy (non-hydrogen) atoms. The minimum Gasteiger partial charge on any atom is -0.477 e. The van der Waals surface area contributed by atoms with Crippen LogP contribution >= 0.6 is 0 Å². The molecule has 5 heteroatoms. The quantitative estimate of drug-likeness (QED) is 0.806. The second-order valence-electron chi connectivity index (χ2n) is 4.54. The molecule has 0 N–H and O–H groups in total. The summed E-state index contributed by atoms with van der Waals surface area (Å²) in [5.41, 5.74) is 1.97. The van der Waals surface area contributed by atoms with Crippen molar-refractivity contribution in [3.63, 3.8) is 0 Å². The highest BCUT2D eigenvalue weighted by Crippen LogP contribution is 2.35. The molecule has 0 saturated carbocycles. The van der Waals surface area contributed by atoms with Gasteiger partial charge in [0.15, 0.2) is 5.69 Å². The lowest BCUT2D eigenvalue weighted by molar-refractivity contribution is 0.0519. The third-order valence-electron chi connectivity index (χ3n) is 3.19. The second kappa shape index (κ2) is 5.36.